The van der Waals surface area contributed by atoms with Crippen LogP contribution in [-0.4, -0.2) is 16.7 Å². The number of nitrogens with two attached hydrogens (primary N) is 1. The van der Waals surface area contributed by atoms with Crippen molar-refractivity contribution in [1.29, 1.82) is 0 Å². The number of nitrogens with zero attached hydrogens (tertiary/aromatic N) is 2. The van der Waals surface area contributed by atoms with Gasteiger partial charge in [-0.1, -0.05) is 5.16 Å². The largest absolute Gasteiger partial charge is 0.338 e. The molecule has 86 valence electrons. The molecule has 0 aliphatic heterocycles. The van der Waals surface area contributed by atoms with Crippen LogP contribution in [0.25, 0.3) is 11.4 Å². The molecule has 4 nitrogen and oxygen atoms in total. The van der Waals surface area contributed by atoms with Crippen LogP contribution in [0.2, 0.25) is 0 Å². The van der Waals surface area contributed by atoms with Crippen LogP contribution >= 0.6 is 11.3 Å². The molecule has 0 spiro atoms. The van der Waals surface area contributed by atoms with Gasteiger partial charge in [0.15, 0.2) is 0 Å². The van der Waals surface area contributed by atoms with Gasteiger partial charge in [-0.05, 0) is 31.7 Å². The van der Waals surface area contributed by atoms with Crippen molar-refractivity contribution >= 4 is 11.3 Å². The molecule has 0 amide bonds. The summed E-state index contributed by atoms with van der Waals surface area (Å²) in [5, 5.41) is 8.09. The standard InChI is InChI=1S/C11H15N3OS/c1-7-4-16-5-8(7)9-13-10(15-14-9)11(2,3)6-12/h4-5H,6,12H2,1-3H3. The maximum absolute atomic E-state index is 5.67. The van der Waals surface area contributed by atoms with Gasteiger partial charge in [-0.25, -0.2) is 0 Å². The first-order chi connectivity index (χ1) is 7.54. The lowest BCUT2D eigenvalue weighted by Gasteiger charge is -2.15. The minimum atomic E-state index is -0.269. The van der Waals surface area contributed by atoms with E-state index in [0.717, 1.165) is 5.56 Å². The smallest absolute Gasteiger partial charge is 0.233 e. The van der Waals surface area contributed by atoms with Gasteiger partial charge in [-0.3, -0.25) is 0 Å². The van der Waals surface area contributed by atoms with Crippen LogP contribution in [0.1, 0.15) is 25.3 Å². The molecule has 2 aromatic rings. The van der Waals surface area contributed by atoms with Crippen molar-refractivity contribution < 1.29 is 4.52 Å². The topological polar surface area (TPSA) is 64.9 Å². The fourth-order valence-corrected chi connectivity index (χ4v) is 2.11. The van der Waals surface area contributed by atoms with Gasteiger partial charge in [0.05, 0.1) is 5.41 Å². The third-order valence-electron chi connectivity index (χ3n) is 2.61. The Balaban J connectivity index is 2.37. The van der Waals surface area contributed by atoms with Crippen molar-refractivity contribution in [2.45, 2.75) is 26.2 Å². The lowest BCUT2D eigenvalue weighted by molar-refractivity contribution is 0.311. The van der Waals surface area contributed by atoms with Crippen LogP contribution in [0, 0.1) is 6.92 Å². The average Bonchev–Trinajstić information content (AvgIpc) is 2.85. The van der Waals surface area contributed by atoms with E-state index in [1.54, 1.807) is 11.3 Å². The van der Waals surface area contributed by atoms with Crippen LogP contribution in [0.4, 0.5) is 0 Å². The molecule has 16 heavy (non-hydrogen) atoms. The van der Waals surface area contributed by atoms with E-state index in [1.807, 2.05) is 26.2 Å². The summed E-state index contributed by atoms with van der Waals surface area (Å²) in [6, 6.07) is 0. The van der Waals surface area contributed by atoms with Crippen LogP contribution in [0.3, 0.4) is 0 Å². The van der Waals surface area contributed by atoms with Crippen molar-refractivity contribution in [3.63, 3.8) is 0 Å². The summed E-state index contributed by atoms with van der Waals surface area (Å²) in [6.45, 7) is 6.50. The monoisotopic (exact) mass is 237 g/mol. The molecule has 0 aliphatic rings. The maximum atomic E-state index is 5.67. The minimum Gasteiger partial charge on any atom is -0.338 e. The van der Waals surface area contributed by atoms with Gasteiger partial charge < -0.3 is 10.3 Å². The zero-order valence-corrected chi connectivity index (χ0v) is 10.5. The van der Waals surface area contributed by atoms with Crippen molar-refractivity contribution in [3.8, 4) is 11.4 Å². The summed E-state index contributed by atoms with van der Waals surface area (Å²) in [7, 11) is 0. The van der Waals surface area contributed by atoms with Gasteiger partial charge in [0.25, 0.3) is 0 Å². The molecule has 2 aromatic heterocycles. The molecular weight excluding hydrogens is 222 g/mol. The van der Waals surface area contributed by atoms with Crippen molar-refractivity contribution in [1.82, 2.24) is 10.1 Å². The van der Waals surface area contributed by atoms with Gasteiger partial charge in [0.2, 0.25) is 11.7 Å². The highest BCUT2D eigenvalue weighted by atomic mass is 32.1. The Morgan fingerprint density at radius 1 is 1.44 bits per heavy atom. The van der Waals surface area contributed by atoms with E-state index in [4.69, 9.17) is 10.3 Å². The molecule has 0 unspecified atom stereocenters. The fraction of sp³-hybridized carbons (Fsp3) is 0.455. The molecule has 2 rings (SSSR count). The summed E-state index contributed by atoms with van der Waals surface area (Å²) in [4.78, 5) is 4.40. The van der Waals surface area contributed by atoms with E-state index in [9.17, 15) is 0 Å². The quantitative estimate of drug-likeness (QED) is 0.889. The Hall–Kier alpha value is -1.20. The number of hydrogen-bond donors (Lipinski definition) is 1. The molecule has 0 fully saturated rings. The summed E-state index contributed by atoms with van der Waals surface area (Å²) >= 11 is 1.64. The molecule has 0 saturated heterocycles. The fourth-order valence-electron chi connectivity index (χ4n) is 1.28. The minimum absolute atomic E-state index is 0.269. The molecule has 0 aliphatic carbocycles. The summed E-state index contributed by atoms with van der Waals surface area (Å²) in [6.07, 6.45) is 0. The summed E-state index contributed by atoms with van der Waals surface area (Å²) < 4.78 is 5.26. The third-order valence-corrected chi connectivity index (χ3v) is 3.47. The molecule has 0 radical (unpaired) electrons. The predicted molar refractivity (Wildman–Crippen MR) is 64.4 cm³/mol. The van der Waals surface area contributed by atoms with E-state index in [0.29, 0.717) is 18.3 Å². The number of aryl methyl sites for hydroxylation is 1. The molecule has 0 aromatic carbocycles. The highest BCUT2D eigenvalue weighted by Crippen LogP contribution is 2.27. The van der Waals surface area contributed by atoms with Gasteiger partial charge in [-0.15, -0.1) is 0 Å². The normalized spacial score (nSPS) is 12.0. The maximum Gasteiger partial charge on any atom is 0.233 e. The van der Waals surface area contributed by atoms with Gasteiger partial charge in [-0.2, -0.15) is 16.3 Å². The van der Waals surface area contributed by atoms with Crippen molar-refractivity contribution in [2.75, 3.05) is 6.54 Å². The first kappa shape index (κ1) is 11.3. The highest BCUT2D eigenvalue weighted by Gasteiger charge is 2.26. The van der Waals surface area contributed by atoms with E-state index < -0.39 is 0 Å². The highest BCUT2D eigenvalue weighted by molar-refractivity contribution is 7.08. The Morgan fingerprint density at radius 2 is 2.19 bits per heavy atom. The average molecular weight is 237 g/mol. The van der Waals surface area contributed by atoms with Gasteiger partial charge in [0.1, 0.15) is 0 Å². The third kappa shape index (κ3) is 1.88. The molecule has 5 heteroatoms. The van der Waals surface area contributed by atoms with Crippen LogP contribution in [0.15, 0.2) is 15.3 Å². The van der Waals surface area contributed by atoms with Gasteiger partial charge in [0, 0.05) is 17.5 Å². The number of rotatable bonds is 3. The Kier molecular flexibility index (Phi) is 2.82. The SMILES string of the molecule is Cc1cscc1-c1noc(C(C)(C)CN)n1. The van der Waals surface area contributed by atoms with Crippen molar-refractivity contribution in [3.05, 3.63) is 22.2 Å². The molecular formula is C11H15N3OS. The lowest BCUT2D eigenvalue weighted by Crippen LogP contribution is -2.28. The zero-order chi connectivity index (χ0) is 11.8. The molecule has 0 bridgehead atoms. The second-order valence-corrected chi connectivity index (χ2v) is 5.22. The van der Waals surface area contributed by atoms with Gasteiger partial charge >= 0.3 is 0 Å². The van der Waals surface area contributed by atoms with E-state index in [2.05, 4.69) is 15.5 Å². The zero-order valence-electron chi connectivity index (χ0n) is 9.65. The number of aromatic nitrogens is 2. The molecule has 2 N–H and O–H groups in total. The number of hydrogen-bond acceptors (Lipinski definition) is 5. The molecule has 2 heterocycles. The van der Waals surface area contributed by atoms with E-state index in [-0.39, 0.29) is 5.41 Å². The summed E-state index contributed by atoms with van der Waals surface area (Å²) in [5.41, 5.74) is 7.61. The van der Waals surface area contributed by atoms with Crippen LogP contribution in [0.5, 0.6) is 0 Å². The second-order valence-electron chi connectivity index (χ2n) is 4.48. The Morgan fingerprint density at radius 3 is 2.75 bits per heavy atom. The second kappa shape index (κ2) is 3.99. The predicted octanol–water partition coefficient (Wildman–Crippen LogP) is 2.34. The summed E-state index contributed by atoms with van der Waals surface area (Å²) in [5.74, 6) is 1.24. The number of thiophene rings is 1. The Bertz CT molecular complexity index is 487. The first-order valence-electron chi connectivity index (χ1n) is 5.12. The Labute approximate surface area is 98.5 Å². The lowest BCUT2D eigenvalue weighted by atomic mass is 9.94. The molecule has 0 saturated carbocycles. The van der Waals surface area contributed by atoms with Crippen LogP contribution in [-0.2, 0) is 5.41 Å². The first-order valence-corrected chi connectivity index (χ1v) is 6.06. The van der Waals surface area contributed by atoms with Crippen LogP contribution < -0.4 is 5.73 Å². The van der Waals surface area contributed by atoms with Crippen molar-refractivity contribution in [2.24, 2.45) is 5.73 Å². The van der Waals surface area contributed by atoms with E-state index in [1.165, 1.54) is 5.56 Å². The molecule has 0 atom stereocenters. The van der Waals surface area contributed by atoms with E-state index >= 15 is 0 Å².